The number of rotatable bonds is 7. The molecule has 0 aliphatic rings. The molecule has 4 heteroatoms. The molecule has 3 nitrogen and oxygen atoms in total. The third-order valence-electron chi connectivity index (χ3n) is 2.42. The number of hydrogen-bond acceptors (Lipinski definition) is 3. The van der Waals surface area contributed by atoms with Gasteiger partial charge in [-0.25, -0.2) is 4.79 Å². The molecule has 0 heterocycles. The Balaban J connectivity index is 2.59. The molecule has 0 aliphatic heterocycles. The fraction of sp³-hybridized carbons (Fsp3) is 0.357. The van der Waals surface area contributed by atoms with E-state index in [-0.39, 0.29) is 18.7 Å². The lowest BCUT2D eigenvalue weighted by Gasteiger charge is -2.17. The first-order valence-electron chi connectivity index (χ1n) is 5.83. The molecule has 1 aromatic carbocycles. The molecule has 18 heavy (non-hydrogen) atoms. The predicted molar refractivity (Wildman–Crippen MR) is 74.6 cm³/mol. The first-order chi connectivity index (χ1) is 8.63. The van der Waals surface area contributed by atoms with Gasteiger partial charge >= 0.3 is 5.97 Å². The summed E-state index contributed by atoms with van der Waals surface area (Å²) in [7, 11) is 0. The summed E-state index contributed by atoms with van der Waals surface area (Å²) in [6.07, 6.45) is 1.53. The lowest BCUT2D eigenvalue weighted by Crippen LogP contribution is -2.19. The fourth-order valence-corrected chi connectivity index (χ4v) is 1.92. The minimum Gasteiger partial charge on any atom is -0.458 e. The van der Waals surface area contributed by atoms with Crippen LogP contribution in [0.4, 0.5) is 0 Å². The highest BCUT2D eigenvalue weighted by molar-refractivity contribution is 9.11. The topological polar surface area (TPSA) is 46.5 Å². The largest absolute Gasteiger partial charge is 0.458 e. The Morgan fingerprint density at radius 2 is 2.06 bits per heavy atom. The molecule has 0 radical (unpaired) electrons. The predicted octanol–water partition coefficient (Wildman–Crippen LogP) is 3.28. The third-order valence-corrected chi connectivity index (χ3v) is 2.74. The zero-order chi connectivity index (χ0) is 13.4. The highest BCUT2D eigenvalue weighted by Crippen LogP contribution is 2.18. The zero-order valence-electron chi connectivity index (χ0n) is 10.1. The van der Waals surface area contributed by atoms with E-state index in [1.54, 1.807) is 24.3 Å². The molecular formula is C14H17BrO3. The summed E-state index contributed by atoms with van der Waals surface area (Å²) in [6, 6.07) is 8.87. The summed E-state index contributed by atoms with van der Waals surface area (Å²) in [4.78, 5) is 11.9. The number of aliphatic hydroxyl groups excluding tert-OH is 1. The van der Waals surface area contributed by atoms with Crippen molar-refractivity contribution in [1.82, 2.24) is 0 Å². The number of ether oxygens (including phenoxy) is 1. The van der Waals surface area contributed by atoms with E-state index in [9.17, 15) is 4.79 Å². The van der Waals surface area contributed by atoms with E-state index in [0.29, 0.717) is 24.8 Å². The lowest BCUT2D eigenvalue weighted by molar-refractivity contribution is 0.0272. The third kappa shape index (κ3) is 5.47. The van der Waals surface area contributed by atoms with Gasteiger partial charge in [0.25, 0.3) is 0 Å². The smallest absolute Gasteiger partial charge is 0.338 e. The summed E-state index contributed by atoms with van der Waals surface area (Å²) in [5.41, 5.74) is 0.534. The molecule has 0 bridgehead atoms. The molecule has 0 amide bonds. The Morgan fingerprint density at radius 1 is 1.39 bits per heavy atom. The Bertz CT molecular complexity index is 389. The lowest BCUT2D eigenvalue weighted by atomic mass is 10.1. The van der Waals surface area contributed by atoms with E-state index >= 15 is 0 Å². The minimum absolute atomic E-state index is 0.0914. The van der Waals surface area contributed by atoms with Crippen molar-refractivity contribution in [2.24, 2.45) is 0 Å². The molecule has 0 aliphatic carbocycles. The van der Waals surface area contributed by atoms with Gasteiger partial charge in [-0.2, -0.15) is 0 Å². The van der Waals surface area contributed by atoms with Crippen LogP contribution in [0.1, 0.15) is 29.6 Å². The number of carbonyl (C=O) groups excluding carboxylic acids is 1. The van der Waals surface area contributed by atoms with Crippen LogP contribution in [0.15, 0.2) is 41.4 Å². The van der Waals surface area contributed by atoms with Gasteiger partial charge in [0.05, 0.1) is 5.56 Å². The molecule has 1 unspecified atom stereocenters. The number of carbonyl (C=O) groups is 1. The Kier molecular flexibility index (Phi) is 6.68. The van der Waals surface area contributed by atoms with Crippen LogP contribution in [-0.2, 0) is 4.74 Å². The van der Waals surface area contributed by atoms with Gasteiger partial charge in [0.1, 0.15) is 6.10 Å². The van der Waals surface area contributed by atoms with E-state index in [1.165, 1.54) is 0 Å². The second-order valence-electron chi connectivity index (χ2n) is 3.98. The maximum atomic E-state index is 11.9. The van der Waals surface area contributed by atoms with Crippen LogP contribution >= 0.6 is 15.9 Å². The summed E-state index contributed by atoms with van der Waals surface area (Å²) in [6.45, 7) is 3.84. The van der Waals surface area contributed by atoms with E-state index in [2.05, 4.69) is 22.5 Å². The van der Waals surface area contributed by atoms with Gasteiger partial charge in [0.2, 0.25) is 0 Å². The van der Waals surface area contributed by atoms with Crippen LogP contribution in [0.25, 0.3) is 0 Å². The van der Waals surface area contributed by atoms with Crippen molar-refractivity contribution in [3.8, 4) is 0 Å². The van der Waals surface area contributed by atoms with Gasteiger partial charge in [-0.3, -0.25) is 0 Å². The number of esters is 1. The molecule has 1 rings (SSSR count). The zero-order valence-corrected chi connectivity index (χ0v) is 11.7. The van der Waals surface area contributed by atoms with Crippen LogP contribution in [0, 0.1) is 0 Å². The monoisotopic (exact) mass is 312 g/mol. The van der Waals surface area contributed by atoms with Gasteiger partial charge in [0.15, 0.2) is 0 Å². The Morgan fingerprint density at radius 3 is 2.61 bits per heavy atom. The van der Waals surface area contributed by atoms with E-state index < -0.39 is 0 Å². The molecular weight excluding hydrogens is 296 g/mol. The highest BCUT2D eigenvalue weighted by atomic mass is 79.9. The van der Waals surface area contributed by atoms with Crippen LogP contribution in [-0.4, -0.2) is 23.8 Å². The molecule has 0 aromatic heterocycles. The maximum absolute atomic E-state index is 11.9. The average Bonchev–Trinajstić information content (AvgIpc) is 2.36. The first-order valence-corrected chi connectivity index (χ1v) is 6.63. The summed E-state index contributed by atoms with van der Waals surface area (Å²) < 4.78 is 6.19. The standard InChI is InChI=1S/C14H17BrO3/c1-11(15)10-13(8-5-9-16)18-14(17)12-6-3-2-4-7-12/h2-4,6-7,13,16H,1,5,8-10H2. The number of aliphatic hydroxyl groups is 1. The number of halogens is 1. The molecule has 98 valence electrons. The fourth-order valence-electron chi connectivity index (χ4n) is 1.56. The Hall–Kier alpha value is -1.13. The van der Waals surface area contributed by atoms with Crippen LogP contribution < -0.4 is 0 Å². The van der Waals surface area contributed by atoms with Crippen molar-refractivity contribution in [3.05, 3.63) is 47.0 Å². The van der Waals surface area contributed by atoms with E-state index in [4.69, 9.17) is 9.84 Å². The van der Waals surface area contributed by atoms with E-state index in [0.717, 1.165) is 4.48 Å². The van der Waals surface area contributed by atoms with Crippen molar-refractivity contribution in [3.63, 3.8) is 0 Å². The summed E-state index contributed by atoms with van der Waals surface area (Å²) in [5, 5.41) is 8.83. The molecule has 1 N–H and O–H groups in total. The van der Waals surface area contributed by atoms with Crippen LogP contribution in [0.3, 0.4) is 0 Å². The highest BCUT2D eigenvalue weighted by Gasteiger charge is 2.16. The van der Waals surface area contributed by atoms with Crippen LogP contribution in [0.2, 0.25) is 0 Å². The van der Waals surface area contributed by atoms with E-state index in [1.807, 2.05) is 6.07 Å². The van der Waals surface area contributed by atoms with Crippen molar-refractivity contribution in [2.75, 3.05) is 6.61 Å². The van der Waals surface area contributed by atoms with Crippen molar-refractivity contribution in [1.29, 1.82) is 0 Å². The molecule has 1 atom stereocenters. The SMILES string of the molecule is C=C(Br)CC(CCCO)OC(=O)c1ccccc1. The van der Waals surface area contributed by atoms with Crippen molar-refractivity contribution < 1.29 is 14.6 Å². The van der Waals surface area contributed by atoms with Crippen LogP contribution in [0.5, 0.6) is 0 Å². The first kappa shape index (κ1) is 14.9. The summed E-state index contributed by atoms with van der Waals surface area (Å²) >= 11 is 3.26. The number of hydrogen-bond donors (Lipinski definition) is 1. The van der Waals surface area contributed by atoms with Crippen molar-refractivity contribution >= 4 is 21.9 Å². The molecule has 0 saturated heterocycles. The maximum Gasteiger partial charge on any atom is 0.338 e. The Labute approximate surface area is 116 Å². The van der Waals surface area contributed by atoms with Gasteiger partial charge in [-0.05, 0) is 29.5 Å². The normalized spacial score (nSPS) is 11.9. The quantitative estimate of drug-likeness (QED) is 0.786. The minimum atomic E-state index is -0.340. The number of benzene rings is 1. The molecule has 0 fully saturated rings. The van der Waals surface area contributed by atoms with Gasteiger partial charge in [-0.15, -0.1) is 0 Å². The van der Waals surface area contributed by atoms with Crippen molar-refractivity contribution in [2.45, 2.75) is 25.4 Å². The molecule has 1 aromatic rings. The molecule has 0 spiro atoms. The summed E-state index contributed by atoms with van der Waals surface area (Å²) in [5.74, 6) is -0.340. The second-order valence-corrected chi connectivity index (χ2v) is 5.10. The van der Waals surface area contributed by atoms with Gasteiger partial charge < -0.3 is 9.84 Å². The van der Waals surface area contributed by atoms with Gasteiger partial charge in [-0.1, -0.05) is 40.7 Å². The molecule has 0 saturated carbocycles. The van der Waals surface area contributed by atoms with Gasteiger partial charge in [0, 0.05) is 13.0 Å². The second kappa shape index (κ2) is 8.06. The average molecular weight is 313 g/mol.